The molecule has 2 aromatic rings. The highest BCUT2D eigenvalue weighted by molar-refractivity contribution is 8.00. The standard InChI is InChI=1S/C18H17ClFNO4S/c1-11(18(23)21-16-8-3-12(19)9-15(16)20)25-17(22)10-26-14-6-4-13(24-2)5-7-14/h3-9,11H,10H2,1-2H3,(H,21,23)/t11-/m1/s1. The summed E-state index contributed by atoms with van der Waals surface area (Å²) in [7, 11) is 1.57. The van der Waals surface area contributed by atoms with Gasteiger partial charge in [-0.1, -0.05) is 11.6 Å². The molecule has 2 aromatic carbocycles. The molecule has 0 unspecified atom stereocenters. The van der Waals surface area contributed by atoms with Gasteiger partial charge in [-0.3, -0.25) is 9.59 Å². The number of ether oxygens (including phenoxy) is 2. The van der Waals surface area contributed by atoms with Gasteiger partial charge in [0.25, 0.3) is 5.91 Å². The first kappa shape index (κ1) is 20.1. The average molecular weight is 398 g/mol. The molecule has 2 rings (SSSR count). The number of esters is 1. The van der Waals surface area contributed by atoms with E-state index in [-0.39, 0.29) is 16.5 Å². The summed E-state index contributed by atoms with van der Waals surface area (Å²) in [6, 6.07) is 11.1. The Kier molecular flexibility index (Phi) is 7.29. The molecular weight excluding hydrogens is 381 g/mol. The fourth-order valence-electron chi connectivity index (χ4n) is 1.92. The molecule has 1 amide bonds. The van der Waals surface area contributed by atoms with Crippen molar-refractivity contribution in [2.24, 2.45) is 0 Å². The molecule has 0 radical (unpaired) electrons. The molecule has 5 nitrogen and oxygen atoms in total. The topological polar surface area (TPSA) is 64.6 Å². The van der Waals surface area contributed by atoms with Crippen molar-refractivity contribution in [1.82, 2.24) is 0 Å². The third kappa shape index (κ3) is 5.93. The molecule has 8 heteroatoms. The molecule has 0 heterocycles. The number of hydrogen-bond acceptors (Lipinski definition) is 5. The first-order valence-electron chi connectivity index (χ1n) is 7.61. The number of carbonyl (C=O) groups excluding carboxylic acids is 2. The van der Waals surface area contributed by atoms with Gasteiger partial charge in [0.1, 0.15) is 11.6 Å². The lowest BCUT2D eigenvalue weighted by Gasteiger charge is -2.14. The van der Waals surface area contributed by atoms with E-state index in [9.17, 15) is 14.0 Å². The molecule has 1 atom stereocenters. The van der Waals surface area contributed by atoms with Gasteiger partial charge in [0.2, 0.25) is 0 Å². The Bertz CT molecular complexity index is 785. The number of methoxy groups -OCH3 is 1. The summed E-state index contributed by atoms with van der Waals surface area (Å²) in [5, 5.41) is 2.58. The van der Waals surface area contributed by atoms with Crippen LogP contribution < -0.4 is 10.1 Å². The lowest BCUT2D eigenvalue weighted by molar-refractivity contribution is -0.150. The number of benzene rings is 2. The number of halogens is 2. The zero-order valence-corrected chi connectivity index (χ0v) is 15.7. The molecule has 0 spiro atoms. The monoisotopic (exact) mass is 397 g/mol. The molecule has 0 saturated carbocycles. The Morgan fingerprint density at radius 1 is 1.23 bits per heavy atom. The summed E-state index contributed by atoms with van der Waals surface area (Å²) in [5.74, 6) is -1.09. The van der Waals surface area contributed by atoms with Crippen LogP contribution in [0.25, 0.3) is 0 Å². The van der Waals surface area contributed by atoms with E-state index in [1.54, 1.807) is 19.2 Å². The predicted octanol–water partition coefficient (Wildman–Crippen LogP) is 4.15. The number of rotatable bonds is 7. The molecule has 0 aliphatic carbocycles. The van der Waals surface area contributed by atoms with Crippen LogP contribution in [0.3, 0.4) is 0 Å². The molecule has 1 N–H and O–H groups in total. The second-order valence-corrected chi connectivity index (χ2v) is 6.69. The highest BCUT2D eigenvalue weighted by Gasteiger charge is 2.19. The quantitative estimate of drug-likeness (QED) is 0.561. The van der Waals surface area contributed by atoms with Crippen LogP contribution in [-0.4, -0.2) is 30.8 Å². The van der Waals surface area contributed by atoms with Crippen molar-refractivity contribution in [2.75, 3.05) is 18.2 Å². The number of anilines is 1. The molecule has 26 heavy (non-hydrogen) atoms. The zero-order valence-electron chi connectivity index (χ0n) is 14.1. The van der Waals surface area contributed by atoms with E-state index in [1.807, 2.05) is 12.1 Å². The van der Waals surface area contributed by atoms with Crippen molar-refractivity contribution >= 4 is 40.9 Å². The van der Waals surface area contributed by atoms with Crippen molar-refractivity contribution in [1.29, 1.82) is 0 Å². The van der Waals surface area contributed by atoms with Gasteiger partial charge in [0.15, 0.2) is 6.10 Å². The first-order valence-corrected chi connectivity index (χ1v) is 8.97. The fraction of sp³-hybridized carbons (Fsp3) is 0.222. The van der Waals surface area contributed by atoms with Gasteiger partial charge >= 0.3 is 5.97 Å². The number of nitrogens with one attached hydrogen (secondary N) is 1. The maximum Gasteiger partial charge on any atom is 0.317 e. The number of hydrogen-bond donors (Lipinski definition) is 1. The minimum Gasteiger partial charge on any atom is -0.497 e. The maximum atomic E-state index is 13.7. The SMILES string of the molecule is COc1ccc(SCC(=O)O[C@H](C)C(=O)Nc2ccc(Cl)cc2F)cc1. The van der Waals surface area contributed by atoms with Crippen LogP contribution >= 0.6 is 23.4 Å². The Labute approximate surface area is 159 Å². The third-order valence-corrected chi connectivity index (χ3v) is 4.50. The summed E-state index contributed by atoms with van der Waals surface area (Å²) in [4.78, 5) is 24.8. The lowest BCUT2D eigenvalue weighted by Crippen LogP contribution is -2.30. The van der Waals surface area contributed by atoms with Gasteiger partial charge in [-0.2, -0.15) is 0 Å². The third-order valence-electron chi connectivity index (χ3n) is 3.28. The number of carbonyl (C=O) groups is 2. The normalized spacial score (nSPS) is 11.5. The van der Waals surface area contributed by atoms with Crippen LogP contribution in [0.2, 0.25) is 5.02 Å². The lowest BCUT2D eigenvalue weighted by atomic mass is 10.3. The molecule has 0 aliphatic rings. The summed E-state index contributed by atoms with van der Waals surface area (Å²) in [5.41, 5.74) is -0.0325. The van der Waals surface area contributed by atoms with Crippen molar-refractivity contribution in [3.63, 3.8) is 0 Å². The molecule has 0 bridgehead atoms. The van der Waals surface area contributed by atoms with E-state index in [4.69, 9.17) is 21.1 Å². The summed E-state index contributed by atoms with van der Waals surface area (Å²) in [6.45, 7) is 1.42. The van der Waals surface area contributed by atoms with Crippen LogP contribution in [0.4, 0.5) is 10.1 Å². The average Bonchev–Trinajstić information content (AvgIpc) is 2.62. The van der Waals surface area contributed by atoms with Crippen LogP contribution in [0.5, 0.6) is 5.75 Å². The van der Waals surface area contributed by atoms with Crippen molar-refractivity contribution < 1.29 is 23.5 Å². The zero-order chi connectivity index (χ0) is 19.1. The van der Waals surface area contributed by atoms with Crippen molar-refractivity contribution in [2.45, 2.75) is 17.9 Å². The summed E-state index contributed by atoms with van der Waals surface area (Å²) >= 11 is 6.93. The Balaban J connectivity index is 1.82. The van der Waals surface area contributed by atoms with E-state index in [0.717, 1.165) is 16.7 Å². The first-order chi connectivity index (χ1) is 12.4. The van der Waals surface area contributed by atoms with E-state index in [0.29, 0.717) is 0 Å². The summed E-state index contributed by atoms with van der Waals surface area (Å²) < 4.78 is 23.8. The minimum absolute atomic E-state index is 0.0325. The molecule has 138 valence electrons. The maximum absolute atomic E-state index is 13.7. The predicted molar refractivity (Wildman–Crippen MR) is 99.3 cm³/mol. The fourth-order valence-corrected chi connectivity index (χ4v) is 2.76. The van der Waals surface area contributed by atoms with Crippen LogP contribution in [0.15, 0.2) is 47.4 Å². The van der Waals surface area contributed by atoms with Crippen LogP contribution in [-0.2, 0) is 14.3 Å². The minimum atomic E-state index is -1.06. The molecule has 0 fully saturated rings. The Morgan fingerprint density at radius 2 is 1.92 bits per heavy atom. The second kappa shape index (κ2) is 9.45. The molecular formula is C18H17ClFNO4S. The van der Waals surface area contributed by atoms with Crippen LogP contribution in [0.1, 0.15) is 6.92 Å². The Hall–Kier alpha value is -2.25. The highest BCUT2D eigenvalue weighted by Crippen LogP contribution is 2.22. The van der Waals surface area contributed by atoms with Gasteiger partial charge < -0.3 is 14.8 Å². The van der Waals surface area contributed by atoms with Gasteiger partial charge in [-0.05, 0) is 49.4 Å². The number of thioether (sulfide) groups is 1. The van der Waals surface area contributed by atoms with Gasteiger partial charge in [-0.25, -0.2) is 4.39 Å². The van der Waals surface area contributed by atoms with Crippen molar-refractivity contribution in [3.05, 3.63) is 53.3 Å². The Morgan fingerprint density at radius 3 is 2.54 bits per heavy atom. The van der Waals surface area contributed by atoms with Gasteiger partial charge in [-0.15, -0.1) is 11.8 Å². The summed E-state index contributed by atoms with van der Waals surface area (Å²) in [6.07, 6.45) is -1.06. The van der Waals surface area contributed by atoms with E-state index in [2.05, 4.69) is 5.32 Å². The largest absolute Gasteiger partial charge is 0.497 e. The van der Waals surface area contributed by atoms with E-state index >= 15 is 0 Å². The molecule has 0 aliphatic heterocycles. The molecule has 0 aromatic heterocycles. The highest BCUT2D eigenvalue weighted by atomic mass is 35.5. The van der Waals surface area contributed by atoms with Gasteiger partial charge in [0.05, 0.1) is 18.6 Å². The smallest absolute Gasteiger partial charge is 0.317 e. The molecule has 0 saturated heterocycles. The number of amides is 1. The second-order valence-electron chi connectivity index (χ2n) is 5.21. The van der Waals surface area contributed by atoms with E-state index < -0.39 is 23.8 Å². The van der Waals surface area contributed by atoms with E-state index in [1.165, 1.54) is 30.8 Å². The van der Waals surface area contributed by atoms with Crippen LogP contribution in [0, 0.1) is 5.82 Å². The van der Waals surface area contributed by atoms with Crippen molar-refractivity contribution in [3.8, 4) is 5.75 Å². The van der Waals surface area contributed by atoms with Gasteiger partial charge in [0, 0.05) is 9.92 Å².